The summed E-state index contributed by atoms with van der Waals surface area (Å²) in [6, 6.07) is 15.5. The third-order valence-corrected chi connectivity index (χ3v) is 7.35. The lowest BCUT2D eigenvalue weighted by molar-refractivity contribution is -0.146. The van der Waals surface area contributed by atoms with E-state index in [1.807, 2.05) is 24.3 Å². The summed E-state index contributed by atoms with van der Waals surface area (Å²) in [6.07, 6.45) is 3.06. The van der Waals surface area contributed by atoms with E-state index in [2.05, 4.69) is 34.9 Å². The van der Waals surface area contributed by atoms with E-state index >= 15 is 0 Å². The first-order valence-electron chi connectivity index (χ1n) is 11.7. The molecule has 172 valence electrons. The third-order valence-electron chi connectivity index (χ3n) is 7.35. The van der Waals surface area contributed by atoms with Crippen LogP contribution in [0.5, 0.6) is 0 Å². The van der Waals surface area contributed by atoms with Crippen molar-refractivity contribution >= 4 is 18.0 Å². The molecule has 0 radical (unpaired) electrons. The highest BCUT2D eigenvalue weighted by molar-refractivity contribution is 5.87. The van der Waals surface area contributed by atoms with Gasteiger partial charge < -0.3 is 20.5 Å². The Balaban J connectivity index is 1.20. The maximum absolute atomic E-state index is 12.9. The summed E-state index contributed by atoms with van der Waals surface area (Å²) in [5, 5.41) is 14.7. The van der Waals surface area contributed by atoms with Gasteiger partial charge in [-0.2, -0.15) is 0 Å². The van der Waals surface area contributed by atoms with Crippen molar-refractivity contribution in [3.05, 3.63) is 59.7 Å². The molecule has 33 heavy (non-hydrogen) atoms. The highest BCUT2D eigenvalue weighted by Crippen LogP contribution is 2.44. The van der Waals surface area contributed by atoms with Crippen molar-refractivity contribution in [1.82, 2.24) is 10.6 Å². The third kappa shape index (κ3) is 4.19. The van der Waals surface area contributed by atoms with Crippen LogP contribution in [0.2, 0.25) is 0 Å². The monoisotopic (exact) mass is 448 g/mol. The molecular weight excluding hydrogens is 420 g/mol. The van der Waals surface area contributed by atoms with Gasteiger partial charge in [0.1, 0.15) is 12.6 Å². The minimum absolute atomic E-state index is 0.0398. The van der Waals surface area contributed by atoms with Gasteiger partial charge in [0.2, 0.25) is 5.91 Å². The van der Waals surface area contributed by atoms with E-state index in [0.29, 0.717) is 12.8 Å². The van der Waals surface area contributed by atoms with Gasteiger partial charge in [0.15, 0.2) is 0 Å². The lowest BCUT2D eigenvalue weighted by Gasteiger charge is -2.37. The minimum atomic E-state index is -0.826. The van der Waals surface area contributed by atoms with Crippen LogP contribution in [0, 0.1) is 11.8 Å². The van der Waals surface area contributed by atoms with E-state index in [-0.39, 0.29) is 30.4 Å². The Bertz CT molecular complexity index is 1030. The van der Waals surface area contributed by atoms with Crippen LogP contribution in [0.3, 0.4) is 0 Å². The highest BCUT2D eigenvalue weighted by Gasteiger charge is 2.39. The Labute approximate surface area is 192 Å². The van der Waals surface area contributed by atoms with Gasteiger partial charge in [0, 0.05) is 12.0 Å². The first-order valence-corrected chi connectivity index (χ1v) is 11.7. The van der Waals surface area contributed by atoms with Crippen LogP contribution in [0.25, 0.3) is 11.1 Å². The van der Waals surface area contributed by atoms with Gasteiger partial charge >= 0.3 is 12.1 Å². The molecule has 0 bridgehead atoms. The molecule has 1 unspecified atom stereocenters. The van der Waals surface area contributed by atoms with Gasteiger partial charge in [-0.1, -0.05) is 55.0 Å². The summed E-state index contributed by atoms with van der Waals surface area (Å²) in [5.74, 6) is -1.43. The maximum atomic E-state index is 12.9. The summed E-state index contributed by atoms with van der Waals surface area (Å²) in [7, 11) is 0. The number of nitrogens with one attached hydrogen (secondary N) is 2. The molecule has 0 saturated heterocycles. The molecular formula is C26H28N2O5. The summed E-state index contributed by atoms with van der Waals surface area (Å²) in [6.45, 7) is 0.196. The number of amides is 2. The Morgan fingerprint density at radius 1 is 0.970 bits per heavy atom. The molecule has 3 aliphatic rings. The minimum Gasteiger partial charge on any atom is -0.481 e. The fraction of sp³-hybridized carbons (Fsp3) is 0.423. The zero-order valence-corrected chi connectivity index (χ0v) is 18.3. The number of rotatable bonds is 7. The molecule has 5 rings (SSSR count). The second kappa shape index (κ2) is 8.89. The Morgan fingerprint density at radius 2 is 1.58 bits per heavy atom. The highest BCUT2D eigenvalue weighted by atomic mass is 16.5. The molecule has 2 fully saturated rings. The van der Waals surface area contributed by atoms with E-state index in [9.17, 15) is 14.4 Å². The van der Waals surface area contributed by atoms with Crippen molar-refractivity contribution in [3.63, 3.8) is 0 Å². The molecule has 0 heterocycles. The molecule has 2 aromatic carbocycles. The maximum Gasteiger partial charge on any atom is 0.407 e. The molecule has 1 atom stereocenters. The number of fused-ring (bicyclic) bond motifs is 3. The number of hydrogen-bond acceptors (Lipinski definition) is 4. The number of alkyl carbamates (subject to hydrolysis) is 1. The number of benzene rings is 2. The van der Waals surface area contributed by atoms with Crippen LogP contribution >= 0.6 is 0 Å². The van der Waals surface area contributed by atoms with Gasteiger partial charge in [-0.25, -0.2) is 4.79 Å². The molecule has 2 saturated carbocycles. The molecule has 0 aliphatic heterocycles. The summed E-state index contributed by atoms with van der Waals surface area (Å²) >= 11 is 0. The molecule has 7 heteroatoms. The Hall–Kier alpha value is -3.35. The van der Waals surface area contributed by atoms with Crippen molar-refractivity contribution in [2.45, 2.75) is 50.1 Å². The number of carbonyl (C=O) groups excluding carboxylic acids is 2. The summed E-state index contributed by atoms with van der Waals surface area (Å²) < 4.78 is 5.63. The first-order chi connectivity index (χ1) is 16.0. The lowest BCUT2D eigenvalue weighted by Crippen LogP contribution is -2.57. The number of aliphatic carboxylic acids is 1. The normalized spacial score (nSPS) is 22.2. The number of carboxylic acids is 1. The van der Waals surface area contributed by atoms with E-state index in [1.54, 1.807) is 0 Å². The fourth-order valence-corrected chi connectivity index (χ4v) is 5.17. The molecule has 0 aromatic heterocycles. The zero-order chi connectivity index (χ0) is 22.9. The molecule has 0 spiro atoms. The van der Waals surface area contributed by atoms with Gasteiger partial charge in [-0.05, 0) is 53.9 Å². The average molecular weight is 449 g/mol. The van der Waals surface area contributed by atoms with Crippen LogP contribution in [0.15, 0.2) is 48.5 Å². The smallest absolute Gasteiger partial charge is 0.407 e. The topological polar surface area (TPSA) is 105 Å². The molecule has 2 amide bonds. The summed E-state index contributed by atoms with van der Waals surface area (Å²) in [4.78, 5) is 36.6. The average Bonchev–Trinajstić information content (AvgIpc) is 3.06. The van der Waals surface area contributed by atoms with Crippen LogP contribution in [0.1, 0.15) is 49.1 Å². The van der Waals surface area contributed by atoms with Crippen LogP contribution in [-0.4, -0.2) is 41.8 Å². The summed E-state index contributed by atoms with van der Waals surface area (Å²) in [5.41, 5.74) is 4.60. The molecule has 7 nitrogen and oxygen atoms in total. The van der Waals surface area contributed by atoms with E-state index < -0.39 is 24.0 Å². The lowest BCUT2D eigenvalue weighted by atomic mass is 9.77. The predicted molar refractivity (Wildman–Crippen MR) is 122 cm³/mol. The molecule has 2 aromatic rings. The predicted octanol–water partition coefficient (Wildman–Crippen LogP) is 3.67. The number of carboxylic acid groups (broad SMARTS) is 1. The second-order valence-corrected chi connectivity index (χ2v) is 9.35. The van der Waals surface area contributed by atoms with Gasteiger partial charge in [-0.15, -0.1) is 0 Å². The van der Waals surface area contributed by atoms with Crippen molar-refractivity contribution in [2.75, 3.05) is 6.61 Å². The van der Waals surface area contributed by atoms with Crippen LogP contribution in [0.4, 0.5) is 4.79 Å². The van der Waals surface area contributed by atoms with Gasteiger partial charge in [0.25, 0.3) is 0 Å². The SMILES string of the molecule is O=C(NC(C(=O)NC1CC(C(=O)O)C1)C1CCC1)OCC1c2ccccc2-c2ccccc21. The number of carbonyl (C=O) groups is 3. The molecule has 3 aliphatic carbocycles. The zero-order valence-electron chi connectivity index (χ0n) is 18.3. The second-order valence-electron chi connectivity index (χ2n) is 9.35. The largest absolute Gasteiger partial charge is 0.481 e. The quantitative estimate of drug-likeness (QED) is 0.599. The van der Waals surface area contributed by atoms with Crippen molar-refractivity contribution in [2.24, 2.45) is 11.8 Å². The van der Waals surface area contributed by atoms with Crippen LogP contribution < -0.4 is 10.6 Å². The van der Waals surface area contributed by atoms with E-state index in [1.165, 1.54) is 0 Å². The van der Waals surface area contributed by atoms with Crippen molar-refractivity contribution in [3.8, 4) is 11.1 Å². The molecule has 3 N–H and O–H groups in total. The Kier molecular flexibility index (Phi) is 5.79. The van der Waals surface area contributed by atoms with Crippen LogP contribution in [-0.2, 0) is 14.3 Å². The van der Waals surface area contributed by atoms with Crippen molar-refractivity contribution < 1.29 is 24.2 Å². The van der Waals surface area contributed by atoms with E-state index in [0.717, 1.165) is 41.5 Å². The van der Waals surface area contributed by atoms with Gasteiger partial charge in [0.05, 0.1) is 5.92 Å². The Morgan fingerprint density at radius 3 is 2.12 bits per heavy atom. The van der Waals surface area contributed by atoms with E-state index in [4.69, 9.17) is 9.84 Å². The van der Waals surface area contributed by atoms with Crippen molar-refractivity contribution in [1.29, 1.82) is 0 Å². The number of ether oxygens (including phenoxy) is 1. The number of hydrogen-bond donors (Lipinski definition) is 3. The van der Waals surface area contributed by atoms with Gasteiger partial charge in [-0.3, -0.25) is 9.59 Å². The standard InChI is InChI=1S/C26H28N2O5/c29-24(27-17-12-16(13-17)25(30)31)23(15-6-5-7-15)28-26(32)33-14-22-20-10-3-1-8-18(20)19-9-2-4-11-21(19)22/h1-4,8-11,15-17,22-23H,5-7,12-14H2,(H,27,29)(H,28,32)(H,30,31). The first kappa shape index (κ1) is 21.5. The fourth-order valence-electron chi connectivity index (χ4n) is 5.17.